The molecule has 8 nitrogen and oxygen atoms in total. The Balaban J connectivity index is 1.68. The minimum Gasteiger partial charge on any atom is -0.375 e. The van der Waals surface area contributed by atoms with Crippen LogP contribution in [0.3, 0.4) is 0 Å². The quantitative estimate of drug-likeness (QED) is 0.617. The molecule has 2 aliphatic rings. The fourth-order valence-electron chi connectivity index (χ4n) is 3.74. The second-order valence-corrected chi connectivity index (χ2v) is 8.63. The number of primary sulfonamides is 1. The summed E-state index contributed by atoms with van der Waals surface area (Å²) in [5.74, 6) is 0. The lowest BCUT2D eigenvalue weighted by molar-refractivity contribution is -0.385. The van der Waals surface area contributed by atoms with Crippen molar-refractivity contribution in [2.24, 2.45) is 5.14 Å². The molecule has 0 atom stereocenters. The van der Waals surface area contributed by atoms with Gasteiger partial charge in [0, 0.05) is 30.9 Å². The topological polar surface area (TPSA) is 116 Å². The van der Waals surface area contributed by atoms with Crippen molar-refractivity contribution >= 4 is 21.4 Å². The molecule has 3 rings (SSSR count). The summed E-state index contributed by atoms with van der Waals surface area (Å²) < 4.78 is 29.5. The number of anilines is 1. The average Bonchev–Trinajstić information content (AvgIpc) is 2.62. The maximum Gasteiger partial charge on any atom is 0.272 e. The van der Waals surface area contributed by atoms with Gasteiger partial charge in [-0.3, -0.25) is 10.1 Å². The van der Waals surface area contributed by atoms with E-state index in [1.165, 1.54) is 31.4 Å². The lowest BCUT2D eigenvalue weighted by Gasteiger charge is -2.36. The summed E-state index contributed by atoms with van der Waals surface area (Å²) in [6, 6.07) is 3.80. The standard InChI is InChI=1S/C17H25N3O5S/c18-26(23,24)17-11-13(10-14(12-17)20(21)22)19-8-6-16(7-9-19)25-15-4-2-1-3-5-15/h10-12,15-16H,1-9H2,(H2,18,23,24). The highest BCUT2D eigenvalue weighted by Gasteiger charge is 2.26. The number of nitrogens with zero attached hydrogens (tertiary/aromatic N) is 2. The van der Waals surface area contributed by atoms with Crippen LogP contribution in [-0.2, 0) is 14.8 Å². The molecule has 0 amide bonds. The number of hydrogen-bond donors (Lipinski definition) is 1. The SMILES string of the molecule is NS(=O)(=O)c1cc(N2CCC(OC3CCCCC3)CC2)cc([N+](=O)[O-])c1. The highest BCUT2D eigenvalue weighted by Crippen LogP contribution is 2.30. The normalized spacial score (nSPS) is 20.3. The van der Waals surface area contributed by atoms with E-state index in [0.29, 0.717) is 24.9 Å². The Labute approximate surface area is 153 Å². The number of non-ortho nitro benzene ring substituents is 1. The fourth-order valence-corrected chi connectivity index (χ4v) is 4.31. The summed E-state index contributed by atoms with van der Waals surface area (Å²) in [6.45, 7) is 1.34. The van der Waals surface area contributed by atoms with Crippen LogP contribution < -0.4 is 10.0 Å². The van der Waals surface area contributed by atoms with Crippen LogP contribution in [0.25, 0.3) is 0 Å². The average molecular weight is 383 g/mol. The molecule has 1 aliphatic heterocycles. The van der Waals surface area contributed by atoms with Gasteiger partial charge in [-0.1, -0.05) is 19.3 Å². The van der Waals surface area contributed by atoms with Gasteiger partial charge in [-0.05, 0) is 31.7 Å². The first-order valence-electron chi connectivity index (χ1n) is 9.05. The molecule has 1 saturated carbocycles. The van der Waals surface area contributed by atoms with Gasteiger partial charge in [0.15, 0.2) is 0 Å². The fraction of sp³-hybridized carbons (Fsp3) is 0.647. The third-order valence-electron chi connectivity index (χ3n) is 5.16. The summed E-state index contributed by atoms with van der Waals surface area (Å²) in [5.41, 5.74) is 0.242. The minimum absolute atomic E-state index is 0.200. The first-order valence-corrected chi connectivity index (χ1v) is 10.6. The lowest BCUT2D eigenvalue weighted by Crippen LogP contribution is -2.39. The van der Waals surface area contributed by atoms with Crippen molar-refractivity contribution in [1.29, 1.82) is 0 Å². The Morgan fingerprint density at radius 1 is 1.04 bits per heavy atom. The van der Waals surface area contributed by atoms with Crippen molar-refractivity contribution in [3.05, 3.63) is 28.3 Å². The number of nitro groups is 1. The zero-order valence-corrected chi connectivity index (χ0v) is 15.5. The van der Waals surface area contributed by atoms with E-state index >= 15 is 0 Å². The van der Waals surface area contributed by atoms with Crippen LogP contribution >= 0.6 is 0 Å². The van der Waals surface area contributed by atoms with E-state index < -0.39 is 14.9 Å². The molecule has 1 saturated heterocycles. The Kier molecular flexibility index (Phi) is 5.79. The molecular formula is C17H25N3O5S. The van der Waals surface area contributed by atoms with Gasteiger partial charge < -0.3 is 9.64 Å². The van der Waals surface area contributed by atoms with Crippen molar-refractivity contribution in [3.8, 4) is 0 Å². The van der Waals surface area contributed by atoms with E-state index in [1.54, 1.807) is 0 Å². The summed E-state index contributed by atoms with van der Waals surface area (Å²) in [6.07, 6.45) is 8.20. The Morgan fingerprint density at radius 2 is 1.65 bits per heavy atom. The molecule has 1 aliphatic carbocycles. The van der Waals surface area contributed by atoms with Gasteiger partial charge >= 0.3 is 0 Å². The number of piperidine rings is 1. The first-order chi connectivity index (χ1) is 12.3. The number of ether oxygens (including phenoxy) is 1. The smallest absolute Gasteiger partial charge is 0.272 e. The molecule has 2 N–H and O–H groups in total. The summed E-state index contributed by atoms with van der Waals surface area (Å²) >= 11 is 0. The Morgan fingerprint density at radius 3 is 2.23 bits per heavy atom. The third kappa shape index (κ3) is 4.72. The van der Waals surface area contributed by atoms with Gasteiger partial charge in [0.1, 0.15) is 0 Å². The predicted molar refractivity (Wildman–Crippen MR) is 97.7 cm³/mol. The minimum atomic E-state index is -4.01. The number of nitro benzene ring substituents is 1. The Bertz CT molecular complexity index is 754. The largest absolute Gasteiger partial charge is 0.375 e. The monoisotopic (exact) mass is 383 g/mol. The lowest BCUT2D eigenvalue weighted by atomic mass is 9.97. The van der Waals surface area contributed by atoms with E-state index in [4.69, 9.17) is 9.88 Å². The summed E-state index contributed by atoms with van der Waals surface area (Å²) in [7, 11) is -4.01. The van der Waals surface area contributed by atoms with Gasteiger partial charge in [-0.2, -0.15) is 0 Å². The second kappa shape index (κ2) is 7.89. The number of nitrogens with two attached hydrogens (primary N) is 1. The van der Waals surface area contributed by atoms with Crippen LogP contribution in [0.1, 0.15) is 44.9 Å². The molecule has 2 fully saturated rings. The first kappa shape index (κ1) is 19.1. The molecule has 0 spiro atoms. The second-order valence-electron chi connectivity index (χ2n) is 7.07. The van der Waals surface area contributed by atoms with Crippen molar-refractivity contribution in [2.75, 3.05) is 18.0 Å². The number of hydrogen-bond acceptors (Lipinski definition) is 6. The number of rotatable bonds is 5. The summed E-state index contributed by atoms with van der Waals surface area (Å²) in [5, 5.41) is 16.3. The maximum absolute atomic E-state index is 11.6. The molecule has 144 valence electrons. The van der Waals surface area contributed by atoms with E-state index in [2.05, 4.69) is 0 Å². The van der Waals surface area contributed by atoms with Gasteiger partial charge in [0.25, 0.3) is 5.69 Å². The number of benzene rings is 1. The number of sulfonamides is 1. The highest BCUT2D eigenvalue weighted by molar-refractivity contribution is 7.89. The predicted octanol–water partition coefficient (Wildman–Crippen LogP) is 2.56. The van der Waals surface area contributed by atoms with Gasteiger partial charge in [-0.15, -0.1) is 0 Å². The third-order valence-corrected chi connectivity index (χ3v) is 6.05. The van der Waals surface area contributed by atoms with Crippen LogP contribution in [0.2, 0.25) is 0 Å². The van der Waals surface area contributed by atoms with Gasteiger partial charge in [0.2, 0.25) is 10.0 Å². The molecular weight excluding hydrogens is 358 g/mol. The van der Waals surface area contributed by atoms with E-state index in [-0.39, 0.29) is 16.7 Å². The molecule has 0 unspecified atom stereocenters. The molecule has 26 heavy (non-hydrogen) atoms. The molecule has 1 aromatic rings. The zero-order chi connectivity index (χ0) is 18.7. The highest BCUT2D eigenvalue weighted by atomic mass is 32.2. The van der Waals surface area contributed by atoms with Crippen molar-refractivity contribution in [2.45, 2.75) is 62.0 Å². The molecule has 1 aromatic carbocycles. The molecule has 0 radical (unpaired) electrons. The maximum atomic E-state index is 11.6. The summed E-state index contributed by atoms with van der Waals surface area (Å²) in [4.78, 5) is 12.2. The van der Waals surface area contributed by atoms with Crippen molar-refractivity contribution in [1.82, 2.24) is 0 Å². The van der Waals surface area contributed by atoms with Gasteiger partial charge in [-0.25, -0.2) is 13.6 Å². The van der Waals surface area contributed by atoms with E-state index in [1.807, 2.05) is 4.90 Å². The zero-order valence-electron chi connectivity index (χ0n) is 14.7. The van der Waals surface area contributed by atoms with Crippen molar-refractivity contribution in [3.63, 3.8) is 0 Å². The van der Waals surface area contributed by atoms with Gasteiger partial charge in [0.05, 0.1) is 22.0 Å². The molecule has 9 heteroatoms. The van der Waals surface area contributed by atoms with Crippen LogP contribution in [0.5, 0.6) is 0 Å². The molecule has 0 aromatic heterocycles. The van der Waals surface area contributed by atoms with E-state index in [0.717, 1.165) is 31.7 Å². The van der Waals surface area contributed by atoms with Crippen molar-refractivity contribution < 1.29 is 18.1 Å². The van der Waals surface area contributed by atoms with Crippen LogP contribution in [0, 0.1) is 10.1 Å². The molecule has 1 heterocycles. The van der Waals surface area contributed by atoms with Crippen LogP contribution in [0.15, 0.2) is 23.1 Å². The molecule has 0 bridgehead atoms. The van der Waals surface area contributed by atoms with Crippen LogP contribution in [-0.4, -0.2) is 38.6 Å². The van der Waals surface area contributed by atoms with Crippen LogP contribution in [0.4, 0.5) is 11.4 Å². The van der Waals surface area contributed by atoms with E-state index in [9.17, 15) is 18.5 Å². The Hall–Kier alpha value is -1.71.